The number of anilines is 2. The van der Waals surface area contributed by atoms with Crippen molar-refractivity contribution in [3.63, 3.8) is 0 Å². The molecule has 0 heterocycles. The van der Waals surface area contributed by atoms with Gasteiger partial charge in [-0.05, 0) is 23.8 Å². The molecule has 0 unspecified atom stereocenters. The van der Waals surface area contributed by atoms with Crippen LogP contribution in [0.25, 0.3) is 0 Å². The predicted molar refractivity (Wildman–Crippen MR) is 78.5 cm³/mol. The first kappa shape index (κ1) is 14.5. The van der Waals surface area contributed by atoms with Crippen LogP contribution in [0.2, 0.25) is 0 Å². The smallest absolute Gasteiger partial charge is 0.309 e. The van der Waals surface area contributed by atoms with Crippen molar-refractivity contribution in [2.45, 2.75) is 6.42 Å². The molecular weight excluding hydrogens is 272 g/mol. The molecular formula is C15H14N2O4. The molecule has 0 saturated carbocycles. The second-order valence-electron chi connectivity index (χ2n) is 4.35. The van der Waals surface area contributed by atoms with Crippen molar-refractivity contribution in [1.82, 2.24) is 0 Å². The summed E-state index contributed by atoms with van der Waals surface area (Å²) >= 11 is 0. The van der Waals surface area contributed by atoms with Crippen LogP contribution in [0.15, 0.2) is 48.5 Å². The van der Waals surface area contributed by atoms with Gasteiger partial charge in [0.05, 0.1) is 18.5 Å². The van der Waals surface area contributed by atoms with Gasteiger partial charge in [0.25, 0.3) is 5.69 Å². The summed E-state index contributed by atoms with van der Waals surface area (Å²) in [6.45, 7) is 0. The third kappa shape index (κ3) is 3.79. The molecule has 0 atom stereocenters. The van der Waals surface area contributed by atoms with E-state index in [1.165, 1.54) is 13.2 Å². The molecule has 2 aromatic carbocycles. The van der Waals surface area contributed by atoms with Gasteiger partial charge < -0.3 is 10.1 Å². The zero-order valence-corrected chi connectivity index (χ0v) is 11.4. The van der Waals surface area contributed by atoms with Gasteiger partial charge in [-0.3, -0.25) is 14.9 Å². The second-order valence-corrected chi connectivity index (χ2v) is 4.35. The third-order valence-electron chi connectivity index (χ3n) is 2.89. The van der Waals surface area contributed by atoms with Gasteiger partial charge in [-0.25, -0.2) is 0 Å². The lowest BCUT2D eigenvalue weighted by Crippen LogP contribution is -2.05. The molecule has 0 spiro atoms. The lowest BCUT2D eigenvalue weighted by atomic mass is 10.1. The number of hydrogen-bond acceptors (Lipinski definition) is 5. The molecule has 2 aromatic rings. The fraction of sp³-hybridized carbons (Fsp3) is 0.133. The van der Waals surface area contributed by atoms with Gasteiger partial charge in [0.2, 0.25) is 0 Å². The van der Waals surface area contributed by atoms with Gasteiger partial charge in [-0.2, -0.15) is 0 Å². The largest absolute Gasteiger partial charge is 0.469 e. The van der Waals surface area contributed by atoms with Crippen molar-refractivity contribution >= 4 is 23.0 Å². The third-order valence-corrected chi connectivity index (χ3v) is 2.89. The first-order chi connectivity index (χ1) is 10.1. The molecule has 21 heavy (non-hydrogen) atoms. The molecule has 0 radical (unpaired) electrons. The summed E-state index contributed by atoms with van der Waals surface area (Å²) in [5.41, 5.74) is 1.58. The Balaban J connectivity index is 2.29. The van der Waals surface area contributed by atoms with E-state index in [-0.39, 0.29) is 12.1 Å². The van der Waals surface area contributed by atoms with Crippen LogP contribution >= 0.6 is 0 Å². The summed E-state index contributed by atoms with van der Waals surface area (Å²) in [5, 5.41) is 14.2. The standard InChI is InChI=1S/C15H14N2O4/c1-21-15(18)10-11-7-8-13(14(9-11)17(19)20)16-12-5-3-2-4-6-12/h2-9,16H,10H2,1H3. The molecule has 0 aliphatic carbocycles. The van der Waals surface area contributed by atoms with E-state index >= 15 is 0 Å². The summed E-state index contributed by atoms with van der Waals surface area (Å²) in [7, 11) is 1.28. The number of hydrogen-bond donors (Lipinski definition) is 1. The minimum absolute atomic E-state index is 0.00293. The predicted octanol–water partition coefficient (Wildman–Crippen LogP) is 3.05. The van der Waals surface area contributed by atoms with Crippen LogP contribution in [0, 0.1) is 10.1 Å². The van der Waals surface area contributed by atoms with Crippen LogP contribution in [-0.2, 0) is 16.0 Å². The fourth-order valence-electron chi connectivity index (χ4n) is 1.86. The van der Waals surface area contributed by atoms with E-state index in [1.54, 1.807) is 12.1 Å². The normalized spacial score (nSPS) is 9.95. The number of carbonyl (C=O) groups excluding carboxylic acids is 1. The number of rotatable bonds is 5. The van der Waals surface area contributed by atoms with Crippen LogP contribution < -0.4 is 5.32 Å². The molecule has 0 fully saturated rings. The summed E-state index contributed by atoms with van der Waals surface area (Å²) in [6.07, 6.45) is 0.00293. The topological polar surface area (TPSA) is 81.5 Å². The fourth-order valence-corrected chi connectivity index (χ4v) is 1.86. The van der Waals surface area contributed by atoms with E-state index in [1.807, 2.05) is 30.3 Å². The maximum absolute atomic E-state index is 11.2. The summed E-state index contributed by atoms with van der Waals surface area (Å²) < 4.78 is 4.56. The first-order valence-corrected chi connectivity index (χ1v) is 6.26. The highest BCUT2D eigenvalue weighted by atomic mass is 16.6. The average Bonchev–Trinajstić information content (AvgIpc) is 2.49. The Hall–Kier alpha value is -2.89. The van der Waals surface area contributed by atoms with E-state index in [0.29, 0.717) is 11.3 Å². The van der Waals surface area contributed by atoms with Crippen molar-refractivity contribution in [2.75, 3.05) is 12.4 Å². The molecule has 2 rings (SSSR count). The minimum atomic E-state index is -0.480. The molecule has 0 bridgehead atoms. The lowest BCUT2D eigenvalue weighted by Gasteiger charge is -2.08. The van der Waals surface area contributed by atoms with Crippen molar-refractivity contribution in [2.24, 2.45) is 0 Å². The van der Waals surface area contributed by atoms with Crippen molar-refractivity contribution in [3.05, 3.63) is 64.2 Å². The highest BCUT2D eigenvalue weighted by molar-refractivity contribution is 5.75. The Kier molecular flexibility index (Phi) is 4.50. The Morgan fingerprint density at radius 2 is 1.95 bits per heavy atom. The van der Waals surface area contributed by atoms with E-state index in [9.17, 15) is 14.9 Å². The Morgan fingerprint density at radius 3 is 2.57 bits per heavy atom. The maximum Gasteiger partial charge on any atom is 0.309 e. The molecule has 6 heteroatoms. The van der Waals surface area contributed by atoms with Crippen molar-refractivity contribution in [3.8, 4) is 0 Å². The highest BCUT2D eigenvalue weighted by Crippen LogP contribution is 2.28. The average molecular weight is 286 g/mol. The first-order valence-electron chi connectivity index (χ1n) is 6.26. The van der Waals surface area contributed by atoms with Crippen LogP contribution in [0.3, 0.4) is 0 Å². The number of ether oxygens (including phenoxy) is 1. The van der Waals surface area contributed by atoms with Crippen LogP contribution in [0.4, 0.5) is 17.1 Å². The number of nitrogens with one attached hydrogen (secondary N) is 1. The van der Waals surface area contributed by atoms with E-state index < -0.39 is 10.9 Å². The van der Waals surface area contributed by atoms with E-state index in [4.69, 9.17) is 0 Å². The Bertz CT molecular complexity index is 656. The SMILES string of the molecule is COC(=O)Cc1ccc(Nc2ccccc2)c([N+](=O)[O-])c1. The molecule has 6 nitrogen and oxygen atoms in total. The summed E-state index contributed by atoms with van der Waals surface area (Å²) in [6, 6.07) is 13.8. The number of nitro benzene ring substituents is 1. The Labute approximate surface area is 121 Å². The van der Waals surface area contributed by atoms with Crippen molar-refractivity contribution < 1.29 is 14.5 Å². The van der Waals surface area contributed by atoms with Gasteiger partial charge in [-0.15, -0.1) is 0 Å². The molecule has 0 aromatic heterocycles. The number of para-hydroxylation sites is 1. The number of nitro groups is 1. The number of nitrogens with zero attached hydrogens (tertiary/aromatic N) is 1. The molecule has 1 N–H and O–H groups in total. The van der Waals surface area contributed by atoms with E-state index in [0.717, 1.165) is 5.69 Å². The number of benzene rings is 2. The zero-order chi connectivity index (χ0) is 15.2. The molecule has 0 aliphatic rings. The Morgan fingerprint density at radius 1 is 1.24 bits per heavy atom. The molecule has 0 saturated heterocycles. The molecule has 0 aliphatic heterocycles. The van der Waals surface area contributed by atoms with Crippen LogP contribution in [0.5, 0.6) is 0 Å². The van der Waals surface area contributed by atoms with Gasteiger partial charge in [0.15, 0.2) is 0 Å². The van der Waals surface area contributed by atoms with Gasteiger partial charge in [0, 0.05) is 11.8 Å². The van der Waals surface area contributed by atoms with Crippen molar-refractivity contribution in [1.29, 1.82) is 0 Å². The zero-order valence-electron chi connectivity index (χ0n) is 11.4. The molecule has 108 valence electrons. The number of esters is 1. The lowest BCUT2D eigenvalue weighted by molar-refractivity contribution is -0.384. The summed E-state index contributed by atoms with van der Waals surface area (Å²) in [4.78, 5) is 21.9. The molecule has 0 amide bonds. The monoisotopic (exact) mass is 286 g/mol. The van der Waals surface area contributed by atoms with Gasteiger partial charge >= 0.3 is 5.97 Å². The summed E-state index contributed by atoms with van der Waals surface area (Å²) in [5.74, 6) is -0.437. The number of methoxy groups -OCH3 is 1. The maximum atomic E-state index is 11.2. The van der Waals surface area contributed by atoms with E-state index in [2.05, 4.69) is 10.1 Å². The second kappa shape index (κ2) is 6.51. The van der Waals surface area contributed by atoms with Crippen LogP contribution in [0.1, 0.15) is 5.56 Å². The quantitative estimate of drug-likeness (QED) is 0.519. The minimum Gasteiger partial charge on any atom is -0.469 e. The van der Waals surface area contributed by atoms with Gasteiger partial charge in [-0.1, -0.05) is 24.3 Å². The highest BCUT2D eigenvalue weighted by Gasteiger charge is 2.16. The number of carbonyl (C=O) groups is 1. The van der Waals surface area contributed by atoms with Crippen LogP contribution in [-0.4, -0.2) is 18.0 Å². The van der Waals surface area contributed by atoms with Gasteiger partial charge in [0.1, 0.15) is 5.69 Å².